The number of aliphatic hydroxyl groups is 3. The van der Waals surface area contributed by atoms with Crippen molar-refractivity contribution in [3.63, 3.8) is 0 Å². The second-order valence-corrected chi connectivity index (χ2v) is 6.03. The van der Waals surface area contributed by atoms with Gasteiger partial charge in [-0.1, -0.05) is 30.3 Å². The lowest BCUT2D eigenvalue weighted by molar-refractivity contribution is -0.171. The topological polar surface area (TPSA) is 93.0 Å². The predicted molar refractivity (Wildman–Crippen MR) is 86.8 cm³/mol. The van der Waals surface area contributed by atoms with E-state index >= 15 is 0 Å². The highest BCUT2D eigenvalue weighted by molar-refractivity contribution is 5.82. The van der Waals surface area contributed by atoms with E-state index in [1.54, 1.807) is 18.7 Å². The first kappa shape index (κ1) is 17.9. The highest BCUT2D eigenvalue weighted by Crippen LogP contribution is 2.25. The lowest BCUT2D eigenvalue weighted by Crippen LogP contribution is -2.69. The van der Waals surface area contributed by atoms with Gasteiger partial charge in [-0.2, -0.15) is 0 Å². The van der Waals surface area contributed by atoms with E-state index in [1.165, 1.54) is 0 Å². The fraction of sp³-hybridized carbons (Fsp3) is 0.588. The first-order valence-corrected chi connectivity index (χ1v) is 8.09. The number of rotatable bonds is 5. The first-order valence-electron chi connectivity index (χ1n) is 8.09. The van der Waals surface area contributed by atoms with Gasteiger partial charge in [0.15, 0.2) is 0 Å². The Labute approximate surface area is 136 Å². The van der Waals surface area contributed by atoms with E-state index in [-0.39, 0.29) is 5.91 Å². The van der Waals surface area contributed by atoms with Crippen molar-refractivity contribution in [1.82, 2.24) is 10.2 Å². The van der Waals surface area contributed by atoms with Gasteiger partial charge in [0, 0.05) is 19.1 Å². The molecule has 0 unspecified atom stereocenters. The second kappa shape index (κ2) is 7.88. The van der Waals surface area contributed by atoms with Crippen molar-refractivity contribution in [3.05, 3.63) is 35.9 Å². The normalized spacial score (nSPS) is 31.8. The fourth-order valence-corrected chi connectivity index (χ4v) is 3.15. The van der Waals surface area contributed by atoms with Crippen molar-refractivity contribution in [1.29, 1.82) is 0 Å². The molecule has 0 radical (unpaired) electrons. The van der Waals surface area contributed by atoms with E-state index in [2.05, 4.69) is 5.32 Å². The van der Waals surface area contributed by atoms with Gasteiger partial charge in [0.2, 0.25) is 5.91 Å². The molecule has 2 rings (SSSR count). The molecule has 0 spiro atoms. The minimum absolute atomic E-state index is 0.328. The minimum atomic E-state index is -1.33. The van der Waals surface area contributed by atoms with Crippen LogP contribution in [0, 0.1) is 0 Å². The first-order chi connectivity index (χ1) is 11.0. The van der Waals surface area contributed by atoms with Gasteiger partial charge in [-0.05, 0) is 25.8 Å². The summed E-state index contributed by atoms with van der Waals surface area (Å²) in [4.78, 5) is 14.1. The third-order valence-corrected chi connectivity index (χ3v) is 4.52. The molecule has 1 saturated heterocycles. The van der Waals surface area contributed by atoms with E-state index in [0.29, 0.717) is 19.5 Å². The summed E-state index contributed by atoms with van der Waals surface area (Å²) in [5.41, 5.74) is 1.12. The molecule has 1 heterocycles. The van der Waals surface area contributed by atoms with Gasteiger partial charge in [-0.15, -0.1) is 0 Å². The van der Waals surface area contributed by atoms with Crippen LogP contribution in [-0.2, 0) is 11.2 Å². The summed E-state index contributed by atoms with van der Waals surface area (Å²) in [5.74, 6) is -0.328. The lowest BCUT2D eigenvalue weighted by Gasteiger charge is -2.47. The van der Waals surface area contributed by atoms with Crippen LogP contribution in [0.5, 0.6) is 0 Å². The van der Waals surface area contributed by atoms with Gasteiger partial charge < -0.3 is 20.6 Å². The standard InChI is InChI=1S/C17H26N2O4/c1-3-18-17(23)13-15(21)16(22)14(20)11(2)19(13)10-9-12-7-5-4-6-8-12/h4-8,11,13-16,20-22H,3,9-10H2,1-2H3,(H,18,23)/t11-,13+,14-,15-,16+/m1/s1. The molecular formula is C17H26N2O4. The Morgan fingerprint density at radius 3 is 2.39 bits per heavy atom. The molecule has 128 valence electrons. The summed E-state index contributed by atoms with van der Waals surface area (Å²) in [6.45, 7) is 4.52. The lowest BCUT2D eigenvalue weighted by atomic mass is 9.87. The fourth-order valence-electron chi connectivity index (χ4n) is 3.15. The number of carbonyl (C=O) groups excluding carboxylic acids is 1. The maximum atomic E-state index is 12.3. The monoisotopic (exact) mass is 322 g/mol. The molecule has 0 aliphatic carbocycles. The van der Waals surface area contributed by atoms with Crippen LogP contribution in [0.1, 0.15) is 19.4 Å². The zero-order chi connectivity index (χ0) is 17.0. The Balaban J connectivity index is 2.17. The summed E-state index contributed by atoms with van der Waals surface area (Å²) in [7, 11) is 0. The number of hydrogen-bond acceptors (Lipinski definition) is 5. The number of likely N-dealkylation sites (tertiary alicyclic amines) is 1. The van der Waals surface area contributed by atoms with Crippen LogP contribution >= 0.6 is 0 Å². The number of nitrogens with zero attached hydrogens (tertiary/aromatic N) is 1. The molecule has 4 N–H and O–H groups in total. The highest BCUT2D eigenvalue weighted by Gasteiger charge is 2.48. The molecule has 0 saturated carbocycles. The number of hydrogen-bond donors (Lipinski definition) is 4. The summed E-state index contributed by atoms with van der Waals surface area (Å²) >= 11 is 0. The molecule has 5 atom stereocenters. The van der Waals surface area contributed by atoms with Crippen LogP contribution < -0.4 is 5.32 Å². The Morgan fingerprint density at radius 1 is 1.13 bits per heavy atom. The van der Waals surface area contributed by atoms with Gasteiger partial charge in [0.05, 0.1) is 6.10 Å². The largest absolute Gasteiger partial charge is 0.389 e. The van der Waals surface area contributed by atoms with Crippen molar-refractivity contribution in [2.45, 2.75) is 50.7 Å². The molecule has 1 aromatic rings. The zero-order valence-electron chi connectivity index (χ0n) is 13.6. The zero-order valence-corrected chi connectivity index (χ0v) is 13.6. The van der Waals surface area contributed by atoms with Crippen LogP contribution in [0.3, 0.4) is 0 Å². The van der Waals surface area contributed by atoms with Crippen LogP contribution in [0.15, 0.2) is 30.3 Å². The van der Waals surface area contributed by atoms with Gasteiger partial charge in [0.1, 0.15) is 18.2 Å². The van der Waals surface area contributed by atoms with Crippen LogP contribution in [0.2, 0.25) is 0 Å². The van der Waals surface area contributed by atoms with E-state index < -0.39 is 30.4 Å². The number of aliphatic hydroxyl groups excluding tert-OH is 3. The molecule has 1 amide bonds. The summed E-state index contributed by atoms with van der Waals surface area (Å²) in [5, 5.41) is 33.1. The van der Waals surface area contributed by atoms with Crippen LogP contribution in [-0.4, -0.2) is 69.6 Å². The molecule has 1 aromatic carbocycles. The van der Waals surface area contributed by atoms with E-state index in [0.717, 1.165) is 5.56 Å². The highest BCUT2D eigenvalue weighted by atomic mass is 16.4. The van der Waals surface area contributed by atoms with E-state index in [9.17, 15) is 20.1 Å². The molecule has 1 aliphatic rings. The van der Waals surface area contributed by atoms with E-state index in [4.69, 9.17) is 0 Å². The van der Waals surface area contributed by atoms with Crippen LogP contribution in [0.25, 0.3) is 0 Å². The van der Waals surface area contributed by atoms with Gasteiger partial charge in [-0.25, -0.2) is 0 Å². The van der Waals surface area contributed by atoms with Gasteiger partial charge >= 0.3 is 0 Å². The van der Waals surface area contributed by atoms with Crippen molar-refractivity contribution in [2.75, 3.05) is 13.1 Å². The van der Waals surface area contributed by atoms with Crippen LogP contribution in [0.4, 0.5) is 0 Å². The number of carbonyl (C=O) groups is 1. The van der Waals surface area contributed by atoms with Crippen molar-refractivity contribution in [3.8, 4) is 0 Å². The van der Waals surface area contributed by atoms with Crippen molar-refractivity contribution >= 4 is 5.91 Å². The number of amides is 1. The summed E-state index contributed by atoms with van der Waals surface area (Å²) < 4.78 is 0. The maximum Gasteiger partial charge on any atom is 0.240 e. The smallest absolute Gasteiger partial charge is 0.240 e. The summed E-state index contributed by atoms with van der Waals surface area (Å²) in [6.07, 6.45) is -3.04. The predicted octanol–water partition coefficient (Wildman–Crippen LogP) is -0.479. The molecule has 23 heavy (non-hydrogen) atoms. The number of nitrogens with one attached hydrogen (secondary N) is 1. The van der Waals surface area contributed by atoms with Gasteiger partial charge in [-0.3, -0.25) is 9.69 Å². The number of likely N-dealkylation sites (N-methyl/N-ethyl adjacent to an activating group) is 1. The molecule has 1 fully saturated rings. The van der Waals surface area contributed by atoms with E-state index in [1.807, 2.05) is 30.3 Å². The third kappa shape index (κ3) is 3.90. The van der Waals surface area contributed by atoms with Crippen molar-refractivity contribution in [2.24, 2.45) is 0 Å². The average molecular weight is 322 g/mol. The summed E-state index contributed by atoms with van der Waals surface area (Å²) in [6, 6.07) is 8.54. The number of benzene rings is 1. The molecule has 6 heteroatoms. The SMILES string of the molecule is CCNC(=O)[C@@H]1[C@@H](O)[C@@H](O)[C@H](O)[C@@H](C)N1CCc1ccccc1. The molecule has 6 nitrogen and oxygen atoms in total. The Hall–Kier alpha value is -1.47. The molecule has 0 aromatic heterocycles. The third-order valence-electron chi connectivity index (χ3n) is 4.52. The Kier molecular flexibility index (Phi) is 6.12. The Morgan fingerprint density at radius 2 is 1.78 bits per heavy atom. The molecule has 0 bridgehead atoms. The maximum absolute atomic E-state index is 12.3. The Bertz CT molecular complexity index is 511. The average Bonchev–Trinajstić information content (AvgIpc) is 2.56. The second-order valence-electron chi connectivity index (χ2n) is 6.03. The molecule has 1 aliphatic heterocycles. The minimum Gasteiger partial charge on any atom is -0.389 e. The molecular weight excluding hydrogens is 296 g/mol. The van der Waals surface area contributed by atoms with Gasteiger partial charge in [0.25, 0.3) is 0 Å². The quantitative estimate of drug-likeness (QED) is 0.588. The van der Waals surface area contributed by atoms with Crippen molar-refractivity contribution < 1.29 is 20.1 Å². The number of piperidine rings is 1.